The Morgan fingerprint density at radius 3 is 2.05 bits per heavy atom. The van der Waals surface area contributed by atoms with Crippen molar-refractivity contribution in [1.29, 1.82) is 0 Å². The Kier molecular flexibility index (Phi) is 10.00. The van der Waals surface area contributed by atoms with Crippen LogP contribution in [0.5, 0.6) is 5.75 Å². The van der Waals surface area contributed by atoms with Crippen LogP contribution in [-0.4, -0.2) is 42.5 Å². The number of rotatable bonds is 12. The van der Waals surface area contributed by atoms with Crippen molar-refractivity contribution in [3.05, 3.63) is 101 Å². The van der Waals surface area contributed by atoms with Gasteiger partial charge in [-0.3, -0.25) is 9.45 Å². The van der Waals surface area contributed by atoms with Crippen LogP contribution in [0.4, 0.5) is 0 Å². The van der Waals surface area contributed by atoms with E-state index < -0.39 is 16.4 Å². The highest BCUT2D eigenvalue weighted by Crippen LogP contribution is 2.36. The lowest BCUT2D eigenvalue weighted by molar-refractivity contribution is 0.0732. The smallest absolute Gasteiger partial charge is 0.397 e. The maximum Gasteiger partial charge on any atom is 0.397 e. The summed E-state index contributed by atoms with van der Waals surface area (Å²) in [5, 5.41) is 0. The summed E-state index contributed by atoms with van der Waals surface area (Å²) in [7, 11) is -4.61. The highest BCUT2D eigenvalue weighted by molar-refractivity contribution is 7.80. The molecule has 0 radical (unpaired) electrons. The molecule has 1 unspecified atom stereocenters. The van der Waals surface area contributed by atoms with Crippen molar-refractivity contribution in [3.8, 4) is 5.75 Å². The van der Waals surface area contributed by atoms with E-state index in [0.29, 0.717) is 29.0 Å². The SMILES string of the molecule is CC(C)N(CCC(c1ccccc1)c1cc(COS(=O)(=O)O)ccc1OC(=O)c1ccccc1)C(C)C. The Morgan fingerprint density at radius 2 is 1.49 bits per heavy atom. The third kappa shape index (κ3) is 8.50. The molecular weight excluding hydrogens is 490 g/mol. The minimum atomic E-state index is -4.61. The summed E-state index contributed by atoms with van der Waals surface area (Å²) in [6.07, 6.45) is 0.735. The average Bonchev–Trinajstić information content (AvgIpc) is 2.86. The topological polar surface area (TPSA) is 93.1 Å². The standard InChI is InChI=1S/C29H35NO6S/c1-21(2)30(22(3)4)18-17-26(24-11-7-5-8-12-24)27-19-23(20-35-37(32,33)34)15-16-28(27)36-29(31)25-13-9-6-10-14-25/h5-16,19,21-22,26H,17-18,20H2,1-4H3,(H,32,33,34). The van der Waals surface area contributed by atoms with Gasteiger partial charge >= 0.3 is 16.4 Å². The zero-order valence-corrected chi connectivity index (χ0v) is 22.5. The van der Waals surface area contributed by atoms with Crippen molar-refractivity contribution in [3.63, 3.8) is 0 Å². The lowest BCUT2D eigenvalue weighted by Crippen LogP contribution is -2.38. The van der Waals surface area contributed by atoms with Crippen LogP contribution in [-0.2, 0) is 21.2 Å². The Morgan fingerprint density at radius 1 is 0.892 bits per heavy atom. The van der Waals surface area contributed by atoms with Gasteiger partial charge in [0.15, 0.2) is 0 Å². The second-order valence-electron chi connectivity index (χ2n) is 9.49. The Balaban J connectivity index is 2.04. The number of ether oxygens (including phenoxy) is 1. The lowest BCUT2D eigenvalue weighted by atomic mass is 9.86. The van der Waals surface area contributed by atoms with E-state index in [0.717, 1.165) is 24.1 Å². The van der Waals surface area contributed by atoms with Crippen molar-refractivity contribution in [1.82, 2.24) is 4.90 Å². The van der Waals surface area contributed by atoms with Crippen molar-refractivity contribution in [2.75, 3.05) is 6.54 Å². The molecule has 0 fully saturated rings. The van der Waals surface area contributed by atoms with Crippen LogP contribution in [0.15, 0.2) is 78.9 Å². The van der Waals surface area contributed by atoms with Gasteiger partial charge in [0, 0.05) is 23.6 Å². The Labute approximate surface area is 220 Å². The molecule has 0 aliphatic heterocycles. The summed E-state index contributed by atoms with van der Waals surface area (Å²) in [5.41, 5.74) is 2.73. The number of carbonyl (C=O) groups excluding carboxylic acids is 1. The van der Waals surface area contributed by atoms with Crippen LogP contribution in [0, 0.1) is 0 Å². The summed E-state index contributed by atoms with van der Waals surface area (Å²) in [6.45, 7) is 9.11. The third-order valence-corrected chi connectivity index (χ3v) is 6.66. The minimum Gasteiger partial charge on any atom is -0.423 e. The molecule has 3 aromatic rings. The van der Waals surface area contributed by atoms with Gasteiger partial charge in [-0.2, -0.15) is 8.42 Å². The van der Waals surface area contributed by atoms with E-state index in [2.05, 4.69) is 36.8 Å². The van der Waals surface area contributed by atoms with Gasteiger partial charge in [-0.1, -0.05) is 54.6 Å². The van der Waals surface area contributed by atoms with Crippen LogP contribution >= 0.6 is 0 Å². The van der Waals surface area contributed by atoms with E-state index in [-0.39, 0.29) is 12.5 Å². The molecule has 0 heterocycles. The first kappa shape index (κ1) is 28.5. The van der Waals surface area contributed by atoms with E-state index in [1.54, 1.807) is 42.5 Å². The minimum absolute atomic E-state index is 0.148. The second kappa shape index (κ2) is 13.0. The average molecular weight is 526 g/mol. The Bertz CT molecular complexity index is 1250. The highest BCUT2D eigenvalue weighted by atomic mass is 32.3. The molecule has 0 saturated carbocycles. The van der Waals surface area contributed by atoms with Crippen LogP contribution < -0.4 is 4.74 Å². The van der Waals surface area contributed by atoms with Gasteiger partial charge < -0.3 is 4.74 Å². The molecule has 1 N–H and O–H groups in total. The van der Waals surface area contributed by atoms with Crippen molar-refractivity contribution < 1.29 is 26.7 Å². The maximum absolute atomic E-state index is 12.9. The van der Waals surface area contributed by atoms with Gasteiger partial charge in [0.1, 0.15) is 5.75 Å². The van der Waals surface area contributed by atoms with Crippen LogP contribution in [0.1, 0.15) is 67.1 Å². The third-order valence-electron chi connectivity index (χ3n) is 6.24. The molecule has 37 heavy (non-hydrogen) atoms. The molecule has 3 rings (SSSR count). The first-order valence-electron chi connectivity index (χ1n) is 12.4. The molecule has 198 valence electrons. The second-order valence-corrected chi connectivity index (χ2v) is 10.6. The fraction of sp³-hybridized carbons (Fsp3) is 0.345. The van der Waals surface area contributed by atoms with Crippen molar-refractivity contribution in [2.45, 2.75) is 58.7 Å². The first-order chi connectivity index (χ1) is 17.5. The normalized spacial score (nSPS) is 12.8. The van der Waals surface area contributed by atoms with E-state index >= 15 is 0 Å². The number of carbonyl (C=O) groups is 1. The van der Waals surface area contributed by atoms with E-state index in [1.807, 2.05) is 36.4 Å². The number of hydrogen-bond acceptors (Lipinski definition) is 6. The van der Waals surface area contributed by atoms with Gasteiger partial charge in [-0.25, -0.2) is 8.98 Å². The van der Waals surface area contributed by atoms with E-state index in [1.165, 1.54) is 0 Å². The molecule has 3 aromatic carbocycles. The van der Waals surface area contributed by atoms with Gasteiger partial charge in [0.05, 0.1) is 12.2 Å². The van der Waals surface area contributed by atoms with Gasteiger partial charge in [0.2, 0.25) is 0 Å². The van der Waals surface area contributed by atoms with E-state index in [4.69, 9.17) is 9.29 Å². The number of hydrogen-bond donors (Lipinski definition) is 1. The molecule has 7 nitrogen and oxygen atoms in total. The first-order valence-corrected chi connectivity index (χ1v) is 13.7. The highest BCUT2D eigenvalue weighted by Gasteiger charge is 2.24. The quantitative estimate of drug-likeness (QED) is 0.180. The molecule has 1 atom stereocenters. The molecule has 0 saturated heterocycles. The number of esters is 1. The Hall–Kier alpha value is -3.04. The predicted octanol–water partition coefficient (Wildman–Crippen LogP) is 5.87. The molecule has 0 amide bonds. The molecule has 0 aliphatic carbocycles. The molecule has 0 aliphatic rings. The summed E-state index contributed by atoms with van der Waals surface area (Å²) in [4.78, 5) is 15.3. The van der Waals surface area contributed by atoms with Gasteiger partial charge in [-0.05, 0) is 76.1 Å². The van der Waals surface area contributed by atoms with Crippen molar-refractivity contribution >= 4 is 16.4 Å². The van der Waals surface area contributed by atoms with Gasteiger partial charge in [-0.15, -0.1) is 0 Å². The maximum atomic E-state index is 12.9. The monoisotopic (exact) mass is 525 g/mol. The molecule has 8 heteroatoms. The summed E-state index contributed by atoms with van der Waals surface area (Å²) in [6, 6.07) is 24.4. The number of nitrogens with zero attached hydrogens (tertiary/aromatic N) is 1. The summed E-state index contributed by atoms with van der Waals surface area (Å²) >= 11 is 0. The fourth-order valence-corrected chi connectivity index (χ4v) is 4.79. The largest absolute Gasteiger partial charge is 0.423 e. The lowest BCUT2D eigenvalue weighted by Gasteiger charge is -2.32. The van der Waals surface area contributed by atoms with Gasteiger partial charge in [0.25, 0.3) is 0 Å². The van der Waals surface area contributed by atoms with Crippen LogP contribution in [0.25, 0.3) is 0 Å². The molecular formula is C29H35NO6S. The summed E-state index contributed by atoms with van der Waals surface area (Å²) in [5.74, 6) is -0.244. The summed E-state index contributed by atoms with van der Waals surface area (Å²) < 4.78 is 41.9. The van der Waals surface area contributed by atoms with Crippen LogP contribution in [0.3, 0.4) is 0 Å². The van der Waals surface area contributed by atoms with E-state index in [9.17, 15) is 13.2 Å². The van der Waals surface area contributed by atoms with Crippen molar-refractivity contribution in [2.24, 2.45) is 0 Å². The predicted molar refractivity (Wildman–Crippen MR) is 144 cm³/mol. The molecule has 0 aromatic heterocycles. The zero-order valence-electron chi connectivity index (χ0n) is 21.7. The fourth-order valence-electron chi connectivity index (χ4n) is 4.51. The molecule has 0 spiro atoms. The van der Waals surface area contributed by atoms with Crippen LogP contribution in [0.2, 0.25) is 0 Å². The molecule has 0 bridgehead atoms. The zero-order chi connectivity index (χ0) is 27.0. The number of benzene rings is 3.